The molecule has 0 saturated carbocycles. The summed E-state index contributed by atoms with van der Waals surface area (Å²) in [5, 5.41) is 11.6. The van der Waals surface area contributed by atoms with Crippen molar-refractivity contribution in [2.45, 2.75) is 25.5 Å². The number of hydrogen-bond donors (Lipinski definition) is 3. The van der Waals surface area contributed by atoms with Crippen LogP contribution in [0.5, 0.6) is 5.75 Å². The molecule has 0 saturated heterocycles. The van der Waals surface area contributed by atoms with E-state index in [1.807, 2.05) is 36.4 Å². The van der Waals surface area contributed by atoms with Crippen molar-refractivity contribution in [1.82, 2.24) is 16.2 Å². The van der Waals surface area contributed by atoms with E-state index in [1.165, 1.54) is 6.92 Å². The molecule has 172 valence electrons. The fourth-order valence-electron chi connectivity index (χ4n) is 3.07. The molecule has 0 aromatic heterocycles. The minimum atomic E-state index is -0.926. The number of nitriles is 1. The van der Waals surface area contributed by atoms with Crippen LogP contribution < -0.4 is 20.9 Å². The number of hydrogen-bond acceptors (Lipinski definition) is 5. The summed E-state index contributed by atoms with van der Waals surface area (Å²) in [5.41, 5.74) is 6.44. The molecule has 3 aromatic carbocycles. The molecule has 0 aliphatic heterocycles. The Balaban J connectivity index is 1.61. The van der Waals surface area contributed by atoms with Crippen molar-refractivity contribution in [2.24, 2.45) is 0 Å². The second-order valence-electron chi connectivity index (χ2n) is 7.46. The average molecular weight is 457 g/mol. The summed E-state index contributed by atoms with van der Waals surface area (Å²) in [5.74, 6) is -1.15. The van der Waals surface area contributed by atoms with Crippen molar-refractivity contribution in [3.05, 3.63) is 102 Å². The van der Waals surface area contributed by atoms with E-state index in [4.69, 9.17) is 10.00 Å². The third-order valence-electron chi connectivity index (χ3n) is 4.91. The van der Waals surface area contributed by atoms with Gasteiger partial charge in [-0.1, -0.05) is 48.5 Å². The SMILES string of the molecule is C[C@@H](Oc1ccc(C#N)cc1)C(=O)NNC(=O)[C@@H](Cc1ccccc1)NC(=O)c1ccccc1. The molecule has 0 fully saturated rings. The van der Waals surface area contributed by atoms with Crippen LogP contribution in [0.1, 0.15) is 28.4 Å². The molecule has 0 bridgehead atoms. The van der Waals surface area contributed by atoms with Crippen molar-refractivity contribution < 1.29 is 19.1 Å². The van der Waals surface area contributed by atoms with Crippen LogP contribution >= 0.6 is 0 Å². The topological polar surface area (TPSA) is 120 Å². The van der Waals surface area contributed by atoms with Crippen LogP contribution in [-0.4, -0.2) is 29.9 Å². The highest BCUT2D eigenvalue weighted by Crippen LogP contribution is 2.13. The molecular formula is C26H24N4O4. The van der Waals surface area contributed by atoms with E-state index >= 15 is 0 Å². The van der Waals surface area contributed by atoms with Gasteiger partial charge in [0.15, 0.2) is 6.10 Å². The summed E-state index contributed by atoms with van der Waals surface area (Å²) in [6, 6.07) is 25.2. The van der Waals surface area contributed by atoms with E-state index in [0.29, 0.717) is 16.9 Å². The van der Waals surface area contributed by atoms with Crippen molar-refractivity contribution in [3.8, 4) is 11.8 Å². The fraction of sp³-hybridized carbons (Fsp3) is 0.154. The quantitative estimate of drug-likeness (QED) is 0.450. The highest BCUT2D eigenvalue weighted by molar-refractivity contribution is 5.98. The molecule has 34 heavy (non-hydrogen) atoms. The zero-order valence-corrected chi connectivity index (χ0v) is 18.5. The van der Waals surface area contributed by atoms with Gasteiger partial charge in [0.05, 0.1) is 11.6 Å². The van der Waals surface area contributed by atoms with Gasteiger partial charge in [0, 0.05) is 12.0 Å². The Bertz CT molecular complexity index is 1160. The molecule has 0 spiro atoms. The second-order valence-corrected chi connectivity index (χ2v) is 7.46. The van der Waals surface area contributed by atoms with E-state index in [2.05, 4.69) is 16.2 Å². The molecule has 3 rings (SSSR count). The highest BCUT2D eigenvalue weighted by Gasteiger charge is 2.23. The number of benzene rings is 3. The molecule has 3 aromatic rings. The number of ether oxygens (including phenoxy) is 1. The molecule has 8 heteroatoms. The zero-order chi connectivity index (χ0) is 24.3. The molecule has 3 amide bonds. The molecule has 3 N–H and O–H groups in total. The number of nitrogens with zero attached hydrogens (tertiary/aromatic N) is 1. The lowest BCUT2D eigenvalue weighted by molar-refractivity contribution is -0.133. The van der Waals surface area contributed by atoms with Crippen LogP contribution in [0.15, 0.2) is 84.9 Å². The maximum atomic E-state index is 12.9. The van der Waals surface area contributed by atoms with Crippen LogP contribution in [0.3, 0.4) is 0 Å². The monoisotopic (exact) mass is 456 g/mol. The van der Waals surface area contributed by atoms with Gasteiger partial charge in [0.1, 0.15) is 11.8 Å². The van der Waals surface area contributed by atoms with Crippen molar-refractivity contribution >= 4 is 17.7 Å². The first-order valence-corrected chi connectivity index (χ1v) is 10.6. The first-order valence-electron chi connectivity index (χ1n) is 10.6. The third kappa shape index (κ3) is 6.93. The van der Waals surface area contributed by atoms with Crippen molar-refractivity contribution in [1.29, 1.82) is 5.26 Å². The molecule has 0 unspecified atom stereocenters. The fourth-order valence-corrected chi connectivity index (χ4v) is 3.07. The molecule has 2 atom stereocenters. The lowest BCUT2D eigenvalue weighted by Gasteiger charge is -2.20. The third-order valence-corrected chi connectivity index (χ3v) is 4.91. The van der Waals surface area contributed by atoms with Crippen LogP contribution in [0.25, 0.3) is 0 Å². The Morgan fingerprint density at radius 1 is 0.853 bits per heavy atom. The number of rotatable bonds is 8. The van der Waals surface area contributed by atoms with Crippen LogP contribution in [0.4, 0.5) is 0 Å². The van der Waals surface area contributed by atoms with Gasteiger partial charge in [-0.15, -0.1) is 0 Å². The summed E-state index contributed by atoms with van der Waals surface area (Å²) < 4.78 is 5.54. The summed E-state index contributed by atoms with van der Waals surface area (Å²) >= 11 is 0. The minimum absolute atomic E-state index is 0.235. The Morgan fingerprint density at radius 3 is 2.06 bits per heavy atom. The first-order chi connectivity index (χ1) is 16.5. The van der Waals surface area contributed by atoms with Gasteiger partial charge < -0.3 is 10.1 Å². The summed E-state index contributed by atoms with van der Waals surface area (Å²) in [6.45, 7) is 1.53. The Kier molecular flexibility index (Phi) is 8.36. The van der Waals surface area contributed by atoms with Gasteiger partial charge in [0.2, 0.25) is 0 Å². The summed E-state index contributed by atoms with van der Waals surface area (Å²) in [6.07, 6.45) is -0.682. The van der Waals surface area contributed by atoms with E-state index in [0.717, 1.165) is 5.56 Å². The lowest BCUT2D eigenvalue weighted by atomic mass is 10.0. The summed E-state index contributed by atoms with van der Waals surface area (Å²) in [4.78, 5) is 37.9. The second kappa shape index (κ2) is 11.8. The van der Waals surface area contributed by atoms with E-state index in [9.17, 15) is 14.4 Å². The van der Waals surface area contributed by atoms with Gasteiger partial charge in [0.25, 0.3) is 17.7 Å². The first kappa shape index (κ1) is 24.0. The molecule has 0 aliphatic rings. The maximum Gasteiger partial charge on any atom is 0.279 e. The van der Waals surface area contributed by atoms with Gasteiger partial charge in [-0.25, -0.2) is 0 Å². The molecule has 0 aliphatic carbocycles. The highest BCUT2D eigenvalue weighted by atomic mass is 16.5. The molecule has 8 nitrogen and oxygen atoms in total. The van der Waals surface area contributed by atoms with Gasteiger partial charge in [-0.2, -0.15) is 5.26 Å². The Morgan fingerprint density at radius 2 is 1.44 bits per heavy atom. The minimum Gasteiger partial charge on any atom is -0.481 e. The molecular weight excluding hydrogens is 432 g/mol. The Labute approximate surface area is 197 Å². The van der Waals surface area contributed by atoms with E-state index in [-0.39, 0.29) is 6.42 Å². The molecule has 0 heterocycles. The normalized spacial score (nSPS) is 11.9. The lowest BCUT2D eigenvalue weighted by Crippen LogP contribution is -2.55. The van der Waals surface area contributed by atoms with Crippen molar-refractivity contribution in [2.75, 3.05) is 0 Å². The number of carbonyl (C=O) groups excluding carboxylic acids is 3. The van der Waals surface area contributed by atoms with Gasteiger partial charge in [-0.05, 0) is 48.9 Å². The largest absolute Gasteiger partial charge is 0.481 e. The van der Waals surface area contributed by atoms with Crippen LogP contribution in [-0.2, 0) is 16.0 Å². The van der Waals surface area contributed by atoms with E-state index in [1.54, 1.807) is 54.6 Å². The molecule has 0 radical (unpaired) electrons. The number of amides is 3. The van der Waals surface area contributed by atoms with E-state index < -0.39 is 29.9 Å². The smallest absolute Gasteiger partial charge is 0.279 e. The van der Waals surface area contributed by atoms with Crippen molar-refractivity contribution in [3.63, 3.8) is 0 Å². The predicted octanol–water partition coefficient (Wildman–Crippen LogP) is 2.51. The number of hydrazine groups is 1. The Hall–Kier alpha value is -4.64. The standard InChI is InChI=1S/C26H24N4O4/c1-18(34-22-14-12-20(17-27)13-15-22)24(31)29-30-26(33)23(16-19-8-4-2-5-9-19)28-25(32)21-10-6-3-7-11-21/h2-15,18,23H,16H2,1H3,(H,28,32)(H,29,31)(H,30,33)/t18-,23-/m1/s1. The number of carbonyl (C=O) groups is 3. The number of nitrogens with one attached hydrogen (secondary N) is 3. The van der Waals surface area contributed by atoms with Gasteiger partial charge >= 0.3 is 0 Å². The average Bonchev–Trinajstić information content (AvgIpc) is 2.88. The predicted molar refractivity (Wildman–Crippen MR) is 125 cm³/mol. The van der Waals surface area contributed by atoms with Crippen LogP contribution in [0.2, 0.25) is 0 Å². The van der Waals surface area contributed by atoms with Gasteiger partial charge in [-0.3, -0.25) is 25.2 Å². The summed E-state index contributed by atoms with van der Waals surface area (Å²) in [7, 11) is 0. The maximum absolute atomic E-state index is 12.9. The zero-order valence-electron chi connectivity index (χ0n) is 18.5. The van der Waals surface area contributed by atoms with Crippen LogP contribution in [0, 0.1) is 11.3 Å².